The molecule has 0 aliphatic rings. The van der Waals surface area contributed by atoms with E-state index in [-0.39, 0.29) is 0 Å². The van der Waals surface area contributed by atoms with Gasteiger partial charge in [-0.3, -0.25) is 9.59 Å². The molecule has 4 heteroatoms. The Morgan fingerprint density at radius 2 is 1.52 bits per heavy atom. The van der Waals surface area contributed by atoms with Crippen molar-refractivity contribution in [3.8, 4) is 11.1 Å². The number of carboxylic acids is 1. The van der Waals surface area contributed by atoms with Gasteiger partial charge in [-0.15, -0.1) is 0 Å². The molecule has 4 nitrogen and oxygen atoms in total. The van der Waals surface area contributed by atoms with Crippen molar-refractivity contribution >= 4 is 11.9 Å². The molecule has 0 aliphatic carbocycles. The smallest absolute Gasteiger partial charge is 0.310 e. The van der Waals surface area contributed by atoms with Crippen molar-refractivity contribution < 1.29 is 14.7 Å². The Bertz CT molecular complexity index is 980. The van der Waals surface area contributed by atoms with Crippen LogP contribution in [0, 0.1) is 0 Å². The van der Waals surface area contributed by atoms with Crippen LogP contribution in [0.1, 0.15) is 39.9 Å². The minimum atomic E-state index is -0.885. The molecule has 1 unspecified atom stereocenters. The Morgan fingerprint density at radius 3 is 2.19 bits per heavy atom. The van der Waals surface area contributed by atoms with E-state index in [0.717, 1.165) is 27.8 Å². The van der Waals surface area contributed by atoms with E-state index in [4.69, 9.17) is 5.73 Å². The second kappa shape index (κ2) is 7.87. The van der Waals surface area contributed by atoms with Crippen LogP contribution in [-0.4, -0.2) is 17.0 Å². The van der Waals surface area contributed by atoms with Gasteiger partial charge in [0.15, 0.2) is 0 Å². The summed E-state index contributed by atoms with van der Waals surface area (Å²) in [6.45, 7) is 1.68. The topological polar surface area (TPSA) is 80.4 Å². The molecule has 0 spiro atoms. The zero-order valence-corrected chi connectivity index (χ0v) is 15.1. The van der Waals surface area contributed by atoms with E-state index in [1.54, 1.807) is 19.1 Å². The molecule has 0 aliphatic heterocycles. The van der Waals surface area contributed by atoms with Gasteiger partial charge in [0, 0.05) is 5.56 Å². The first-order valence-corrected chi connectivity index (χ1v) is 8.76. The molecule has 136 valence electrons. The zero-order valence-electron chi connectivity index (χ0n) is 15.1. The Hall–Kier alpha value is -3.40. The fraction of sp³-hybridized carbons (Fsp3) is 0.130. The molecule has 3 N–H and O–H groups in total. The molecule has 0 heterocycles. The minimum Gasteiger partial charge on any atom is -0.481 e. The van der Waals surface area contributed by atoms with Gasteiger partial charge in [0.1, 0.15) is 0 Å². The first-order chi connectivity index (χ1) is 13.0. The van der Waals surface area contributed by atoms with Crippen molar-refractivity contribution in [3.05, 3.63) is 95.1 Å². The van der Waals surface area contributed by atoms with Crippen molar-refractivity contribution in [2.75, 3.05) is 0 Å². The van der Waals surface area contributed by atoms with E-state index in [1.165, 1.54) is 0 Å². The van der Waals surface area contributed by atoms with Gasteiger partial charge in [0.2, 0.25) is 5.91 Å². The number of primary amides is 1. The number of amides is 1. The Balaban J connectivity index is 2.24. The van der Waals surface area contributed by atoms with E-state index in [2.05, 4.69) is 0 Å². The quantitative estimate of drug-likeness (QED) is 0.691. The van der Waals surface area contributed by atoms with Gasteiger partial charge in [-0.1, -0.05) is 66.7 Å². The van der Waals surface area contributed by atoms with Crippen LogP contribution in [0.2, 0.25) is 0 Å². The largest absolute Gasteiger partial charge is 0.481 e. The van der Waals surface area contributed by atoms with Crippen LogP contribution in [-0.2, 0) is 11.2 Å². The molecule has 0 bridgehead atoms. The molecule has 27 heavy (non-hydrogen) atoms. The second-order valence-electron chi connectivity index (χ2n) is 6.51. The number of rotatable bonds is 6. The summed E-state index contributed by atoms with van der Waals surface area (Å²) in [6.07, 6.45) is 0.567. The number of carboxylic acid groups (broad SMARTS) is 1. The minimum absolute atomic E-state index is 0.423. The molecule has 1 atom stereocenters. The van der Waals surface area contributed by atoms with Crippen molar-refractivity contribution in [3.63, 3.8) is 0 Å². The van der Waals surface area contributed by atoms with Gasteiger partial charge in [-0.25, -0.2) is 0 Å². The molecule has 3 aromatic carbocycles. The second-order valence-corrected chi connectivity index (χ2v) is 6.51. The summed E-state index contributed by atoms with van der Waals surface area (Å²) in [7, 11) is 0. The van der Waals surface area contributed by atoms with Gasteiger partial charge < -0.3 is 10.8 Å². The van der Waals surface area contributed by atoms with Crippen molar-refractivity contribution in [2.24, 2.45) is 5.73 Å². The SMILES string of the molecule is CC(C(=O)O)c1cccc(-c2ccccc2C(N)=O)c1Cc1ccccc1. The highest BCUT2D eigenvalue weighted by Crippen LogP contribution is 2.34. The molecular weight excluding hydrogens is 338 g/mol. The predicted octanol–water partition coefficient (Wildman–Crippen LogP) is 4.23. The number of carbonyl (C=O) groups excluding carboxylic acids is 1. The van der Waals surface area contributed by atoms with Crippen LogP contribution in [0.3, 0.4) is 0 Å². The highest BCUT2D eigenvalue weighted by Gasteiger charge is 2.21. The van der Waals surface area contributed by atoms with E-state index in [0.29, 0.717) is 12.0 Å². The van der Waals surface area contributed by atoms with Crippen LogP contribution in [0.4, 0.5) is 0 Å². The molecule has 0 fully saturated rings. The zero-order chi connectivity index (χ0) is 19.4. The average Bonchev–Trinajstić information content (AvgIpc) is 2.68. The molecular formula is C23H21NO3. The lowest BCUT2D eigenvalue weighted by Crippen LogP contribution is -2.14. The standard InChI is InChI=1S/C23H21NO3/c1-15(23(26)27)17-12-7-13-19(18-10-5-6-11-20(18)22(24)25)21(17)14-16-8-3-2-4-9-16/h2-13,15H,14H2,1H3,(H2,24,25)(H,26,27). The first-order valence-electron chi connectivity index (χ1n) is 8.76. The Kier molecular flexibility index (Phi) is 5.36. The Labute approximate surface area is 158 Å². The highest BCUT2D eigenvalue weighted by molar-refractivity contribution is 6.00. The van der Waals surface area contributed by atoms with Gasteiger partial charge in [-0.2, -0.15) is 0 Å². The molecule has 0 aromatic heterocycles. The first kappa shape index (κ1) is 18.4. The van der Waals surface area contributed by atoms with Crippen molar-refractivity contribution in [1.82, 2.24) is 0 Å². The maximum absolute atomic E-state index is 11.9. The molecule has 3 aromatic rings. The fourth-order valence-electron chi connectivity index (χ4n) is 3.33. The number of aliphatic carboxylic acids is 1. The average molecular weight is 359 g/mol. The third-order valence-electron chi connectivity index (χ3n) is 4.76. The van der Waals surface area contributed by atoms with E-state index in [1.807, 2.05) is 60.7 Å². The Morgan fingerprint density at radius 1 is 0.889 bits per heavy atom. The van der Waals surface area contributed by atoms with Crippen LogP contribution in [0.15, 0.2) is 72.8 Å². The molecule has 1 amide bonds. The number of hydrogen-bond acceptors (Lipinski definition) is 2. The predicted molar refractivity (Wildman–Crippen MR) is 106 cm³/mol. The van der Waals surface area contributed by atoms with Gasteiger partial charge in [-0.05, 0) is 47.2 Å². The third kappa shape index (κ3) is 3.90. The number of carbonyl (C=O) groups is 2. The monoisotopic (exact) mass is 359 g/mol. The lowest BCUT2D eigenvalue weighted by molar-refractivity contribution is -0.138. The van der Waals surface area contributed by atoms with Crippen molar-refractivity contribution in [2.45, 2.75) is 19.3 Å². The van der Waals surface area contributed by atoms with Crippen LogP contribution >= 0.6 is 0 Å². The van der Waals surface area contributed by atoms with Gasteiger partial charge in [0.05, 0.1) is 5.92 Å². The molecule has 0 saturated carbocycles. The van der Waals surface area contributed by atoms with Crippen molar-refractivity contribution in [1.29, 1.82) is 0 Å². The number of benzene rings is 3. The summed E-state index contributed by atoms with van der Waals surface area (Å²) in [6, 6.07) is 22.6. The lowest BCUT2D eigenvalue weighted by Gasteiger charge is -2.19. The van der Waals surface area contributed by atoms with Gasteiger partial charge >= 0.3 is 5.97 Å². The normalized spacial score (nSPS) is 11.7. The molecule has 0 radical (unpaired) electrons. The summed E-state index contributed by atoms with van der Waals surface area (Å²) in [4.78, 5) is 23.6. The van der Waals surface area contributed by atoms with Crippen LogP contribution in [0.25, 0.3) is 11.1 Å². The summed E-state index contributed by atoms with van der Waals surface area (Å²) in [5, 5.41) is 9.56. The number of hydrogen-bond donors (Lipinski definition) is 2. The molecule has 0 saturated heterocycles. The van der Waals surface area contributed by atoms with Crippen LogP contribution < -0.4 is 5.73 Å². The van der Waals surface area contributed by atoms with Crippen LogP contribution in [0.5, 0.6) is 0 Å². The molecule has 3 rings (SSSR count). The summed E-state index contributed by atoms with van der Waals surface area (Å²) >= 11 is 0. The third-order valence-corrected chi connectivity index (χ3v) is 4.76. The summed E-state index contributed by atoms with van der Waals surface area (Å²) in [5.74, 6) is -2.05. The maximum Gasteiger partial charge on any atom is 0.310 e. The fourth-order valence-corrected chi connectivity index (χ4v) is 3.33. The van der Waals surface area contributed by atoms with E-state index >= 15 is 0 Å². The lowest BCUT2D eigenvalue weighted by atomic mass is 9.85. The summed E-state index contributed by atoms with van der Waals surface area (Å²) < 4.78 is 0. The maximum atomic E-state index is 11.9. The highest BCUT2D eigenvalue weighted by atomic mass is 16.4. The van der Waals surface area contributed by atoms with E-state index in [9.17, 15) is 14.7 Å². The summed E-state index contributed by atoms with van der Waals surface area (Å²) in [5.41, 5.74) is 10.2. The van der Waals surface area contributed by atoms with Gasteiger partial charge in [0.25, 0.3) is 0 Å². The van der Waals surface area contributed by atoms with E-state index < -0.39 is 17.8 Å². The number of nitrogens with two attached hydrogens (primary N) is 1.